The maximum Gasteiger partial charge on any atom is 0.329 e. The van der Waals surface area contributed by atoms with Crippen LogP contribution in [0, 0.1) is 35.5 Å². The van der Waals surface area contributed by atoms with E-state index in [2.05, 4.69) is 0 Å². The summed E-state index contributed by atoms with van der Waals surface area (Å²) in [5.41, 5.74) is 0.970. The molecule has 2 saturated heterocycles. The summed E-state index contributed by atoms with van der Waals surface area (Å²) in [6, 6.07) is -1.19. The lowest BCUT2D eigenvalue weighted by atomic mass is 9.78. The highest BCUT2D eigenvalue weighted by Crippen LogP contribution is 2.37. The average Bonchev–Trinajstić information content (AvgIpc) is 3.30. The van der Waals surface area contributed by atoms with E-state index in [9.17, 15) is 48.9 Å². The molecule has 0 bridgehead atoms. The molecule has 3 N–H and O–H groups in total. The maximum atomic E-state index is 14.4. The molecule has 0 spiro atoms. The van der Waals surface area contributed by atoms with Crippen LogP contribution in [-0.2, 0) is 57.2 Å². The summed E-state index contributed by atoms with van der Waals surface area (Å²) in [6.45, 7) is 12.1. The van der Waals surface area contributed by atoms with Crippen molar-refractivity contribution in [2.75, 3.05) is 27.9 Å². The lowest BCUT2D eigenvalue weighted by Crippen LogP contribution is -2.61. The molecule has 378 valence electrons. The van der Waals surface area contributed by atoms with Crippen molar-refractivity contribution in [3.63, 3.8) is 0 Å². The number of nitrogens with zero attached hydrogens (tertiary/aromatic N) is 1. The Bertz CT molecular complexity index is 1780. The Morgan fingerprint density at radius 1 is 0.896 bits per heavy atom. The third kappa shape index (κ3) is 15.9. The Morgan fingerprint density at radius 3 is 2.22 bits per heavy atom. The Kier molecular flexibility index (Phi) is 23.6. The van der Waals surface area contributed by atoms with Gasteiger partial charge in [-0.05, 0) is 119 Å². The lowest BCUT2D eigenvalue weighted by Gasteiger charge is -2.42. The van der Waals surface area contributed by atoms with Crippen LogP contribution in [0.15, 0.2) is 35.5 Å². The van der Waals surface area contributed by atoms with Crippen LogP contribution < -0.4 is 0 Å². The minimum absolute atomic E-state index is 0.0467. The van der Waals surface area contributed by atoms with Crippen molar-refractivity contribution < 1.29 is 72.6 Å². The van der Waals surface area contributed by atoms with Crippen molar-refractivity contribution >= 4 is 41.8 Å². The molecular weight excluding hydrogens is 867 g/mol. The minimum Gasteiger partial charge on any atom is -0.460 e. The number of amides is 1. The summed E-state index contributed by atoms with van der Waals surface area (Å²) >= 11 is 0. The zero-order valence-corrected chi connectivity index (χ0v) is 41.4. The molecule has 2 aliphatic heterocycles. The molecule has 3 rings (SSSR count). The van der Waals surface area contributed by atoms with E-state index >= 15 is 0 Å². The van der Waals surface area contributed by atoms with E-state index in [1.807, 2.05) is 13.8 Å². The van der Waals surface area contributed by atoms with Gasteiger partial charge in [-0.2, -0.15) is 0 Å². The number of rotatable bonds is 26. The number of carbonyl (C=O) groups excluding carboxylic acids is 7. The summed E-state index contributed by atoms with van der Waals surface area (Å²) in [6.07, 6.45) is 6.39. The molecule has 15 atom stereocenters. The number of Topliss-reactive ketones (excluding diaryl/α,β-unsaturated/α-hetero) is 3. The van der Waals surface area contributed by atoms with Crippen molar-refractivity contribution in [1.29, 1.82) is 0 Å². The predicted octanol–water partition coefficient (Wildman–Crippen LogP) is 5.01. The van der Waals surface area contributed by atoms with Crippen LogP contribution in [0.3, 0.4) is 0 Å². The summed E-state index contributed by atoms with van der Waals surface area (Å²) in [5, 5.41) is 33.6. The molecule has 0 radical (unpaired) electrons. The van der Waals surface area contributed by atoms with Crippen molar-refractivity contribution in [3.05, 3.63) is 35.5 Å². The molecule has 16 nitrogen and oxygen atoms in total. The first kappa shape index (κ1) is 57.5. The fraction of sp³-hybridized carbons (Fsp3) is 0.745. The molecule has 2 heterocycles. The first-order valence-corrected chi connectivity index (χ1v) is 24.1. The van der Waals surface area contributed by atoms with Crippen LogP contribution in [0.25, 0.3) is 0 Å². The van der Waals surface area contributed by atoms with Crippen LogP contribution in [0.1, 0.15) is 126 Å². The quantitative estimate of drug-likeness (QED) is 0.0341. The van der Waals surface area contributed by atoms with E-state index in [1.54, 1.807) is 53.9 Å². The SMILES string of the molecule is COC1C[C@H](C[C@@H](C)[C@H](CC(=O)[C@H](C)/C=C(\C)[C@@H](O)C(OC)C(=O)C(C)CC(C)C=CC=O)OC(=O)C2CCCCN2C(=O)C(=O)[C@]2(O)O[C@H](C[C@H](OC)/C(C)=C/C=O)CC[C@H]2C)CC[C@H]1O. The van der Waals surface area contributed by atoms with E-state index in [1.165, 1.54) is 26.4 Å². The van der Waals surface area contributed by atoms with Crippen molar-refractivity contribution in [1.82, 2.24) is 4.90 Å². The number of ether oxygens (including phenoxy) is 5. The first-order chi connectivity index (χ1) is 31.7. The van der Waals surface area contributed by atoms with E-state index in [0.717, 1.165) is 4.90 Å². The average molecular weight is 946 g/mol. The van der Waals surface area contributed by atoms with Gasteiger partial charge in [0.2, 0.25) is 5.79 Å². The van der Waals surface area contributed by atoms with Gasteiger partial charge in [-0.15, -0.1) is 0 Å². The van der Waals surface area contributed by atoms with Crippen molar-refractivity contribution in [3.8, 4) is 0 Å². The molecule has 3 aliphatic rings. The number of hydrogen-bond donors (Lipinski definition) is 3. The molecule has 1 saturated carbocycles. The van der Waals surface area contributed by atoms with E-state index < -0.39 is 83.9 Å². The zero-order valence-electron chi connectivity index (χ0n) is 41.4. The highest BCUT2D eigenvalue weighted by atomic mass is 16.6. The summed E-state index contributed by atoms with van der Waals surface area (Å²) in [7, 11) is 4.35. The maximum absolute atomic E-state index is 14.4. The lowest BCUT2D eigenvalue weighted by molar-refractivity contribution is -0.265. The third-order valence-corrected chi connectivity index (χ3v) is 14.3. The smallest absolute Gasteiger partial charge is 0.329 e. The van der Waals surface area contributed by atoms with Crippen LogP contribution >= 0.6 is 0 Å². The number of esters is 1. The normalized spacial score (nSPS) is 28.9. The molecule has 0 aromatic rings. The second kappa shape index (κ2) is 27.4. The predicted molar refractivity (Wildman–Crippen MR) is 248 cm³/mol. The van der Waals surface area contributed by atoms with Gasteiger partial charge in [-0.1, -0.05) is 46.8 Å². The fourth-order valence-corrected chi connectivity index (χ4v) is 9.93. The second-order valence-corrected chi connectivity index (χ2v) is 19.5. The van der Waals surface area contributed by atoms with Crippen LogP contribution in [0.2, 0.25) is 0 Å². The number of piperidine rings is 1. The number of allylic oxidation sites excluding steroid dienone is 4. The van der Waals surface area contributed by atoms with Gasteiger partial charge >= 0.3 is 5.97 Å². The Balaban J connectivity index is 1.85. The van der Waals surface area contributed by atoms with Crippen molar-refractivity contribution in [2.45, 2.75) is 180 Å². The standard InChI is InChI=1S/C51H79NO15/c1-30(14-13-22-53)24-34(5)45(57)47(65-10)46(58)35(6)25-32(3)41(56)29-43(33(4)26-37-17-19-40(55)44(27-37)64-9)66-50(61)39-15-11-12-21-52(39)49(60)48(59)51(62)36(7)16-18-38(67-51)28-42(63-8)31(2)20-23-54/h13-14,20,22-23,25,30,32-34,36-40,42-44,46-47,55,58,62H,11-12,15-19,21,24,26-29H2,1-10H3/b14-13?,31-20+,35-25+/t30?,32-,33-,34?,36-,37+,38+,39?,40-,42+,43+,44?,46-,47?,51-/m1/s1. The summed E-state index contributed by atoms with van der Waals surface area (Å²) in [5.74, 6) is -8.60. The fourth-order valence-electron chi connectivity index (χ4n) is 9.93. The number of hydrogen-bond acceptors (Lipinski definition) is 15. The zero-order chi connectivity index (χ0) is 50.2. The van der Waals surface area contributed by atoms with Gasteiger partial charge in [0.05, 0.1) is 24.4 Å². The number of methoxy groups -OCH3 is 3. The van der Waals surface area contributed by atoms with Gasteiger partial charge < -0.3 is 43.9 Å². The molecular formula is C51H79NO15. The van der Waals surface area contributed by atoms with Crippen LogP contribution in [0.4, 0.5) is 0 Å². The molecule has 3 fully saturated rings. The van der Waals surface area contributed by atoms with E-state index in [0.29, 0.717) is 81.5 Å². The van der Waals surface area contributed by atoms with Gasteiger partial charge in [-0.25, -0.2) is 4.79 Å². The summed E-state index contributed by atoms with van der Waals surface area (Å²) in [4.78, 5) is 93.1. The van der Waals surface area contributed by atoms with Crippen LogP contribution in [-0.4, -0.2) is 144 Å². The van der Waals surface area contributed by atoms with Crippen LogP contribution in [0.5, 0.6) is 0 Å². The minimum atomic E-state index is -2.48. The number of aliphatic hydroxyl groups is 3. The number of likely N-dealkylation sites (tertiary alicyclic amines) is 1. The second-order valence-electron chi connectivity index (χ2n) is 19.5. The highest BCUT2D eigenvalue weighted by Gasteiger charge is 2.53. The van der Waals surface area contributed by atoms with Gasteiger partial charge in [0.1, 0.15) is 42.7 Å². The first-order valence-electron chi connectivity index (χ1n) is 24.1. The Labute approximate surface area is 397 Å². The van der Waals surface area contributed by atoms with Gasteiger partial charge in [0, 0.05) is 58.5 Å². The third-order valence-electron chi connectivity index (χ3n) is 14.3. The largest absolute Gasteiger partial charge is 0.460 e. The monoisotopic (exact) mass is 946 g/mol. The topological polar surface area (TPSA) is 230 Å². The van der Waals surface area contributed by atoms with E-state index in [-0.39, 0.29) is 61.2 Å². The molecule has 5 unspecified atom stereocenters. The van der Waals surface area contributed by atoms with Gasteiger partial charge in [0.25, 0.3) is 11.7 Å². The Hall–Kier alpha value is -3.77. The molecule has 16 heteroatoms. The number of aldehydes is 2. The molecule has 0 aromatic heterocycles. The van der Waals surface area contributed by atoms with Crippen molar-refractivity contribution in [2.24, 2.45) is 35.5 Å². The highest BCUT2D eigenvalue weighted by molar-refractivity contribution is 6.39. The molecule has 67 heavy (non-hydrogen) atoms. The molecule has 1 amide bonds. The van der Waals surface area contributed by atoms with E-state index in [4.69, 9.17) is 23.7 Å². The number of carbonyl (C=O) groups is 7. The van der Waals surface area contributed by atoms with Gasteiger partial charge in [0.15, 0.2) is 5.78 Å². The molecule has 1 aliphatic carbocycles. The summed E-state index contributed by atoms with van der Waals surface area (Å²) < 4.78 is 28.8. The van der Waals surface area contributed by atoms with Gasteiger partial charge in [-0.3, -0.25) is 28.8 Å². The number of ketones is 3. The molecule has 0 aromatic carbocycles. The Morgan fingerprint density at radius 2 is 1.60 bits per heavy atom. The number of aliphatic hydroxyl groups excluding tert-OH is 2.